The molecule has 0 atom stereocenters. The van der Waals surface area contributed by atoms with Gasteiger partial charge in [-0.3, -0.25) is 9.40 Å². The Hall–Kier alpha value is -3.00. The van der Waals surface area contributed by atoms with Crippen molar-refractivity contribution in [3.63, 3.8) is 0 Å². The first-order valence-corrected chi connectivity index (χ1v) is 9.27. The van der Waals surface area contributed by atoms with Gasteiger partial charge in [0, 0.05) is 24.7 Å². The molecule has 0 aliphatic rings. The summed E-state index contributed by atoms with van der Waals surface area (Å²) in [6.45, 7) is 0. The topological polar surface area (TPSA) is 82.5 Å². The maximum atomic E-state index is 12.7. The summed E-state index contributed by atoms with van der Waals surface area (Å²) in [6, 6.07) is 15.6. The average molecular weight is 373 g/mol. The van der Waals surface area contributed by atoms with E-state index in [1.54, 1.807) is 19.2 Å². The summed E-state index contributed by atoms with van der Waals surface area (Å²) >= 11 is 0. The van der Waals surface area contributed by atoms with Gasteiger partial charge in [-0.25, -0.2) is 8.42 Å². The molecule has 7 nitrogen and oxygen atoms in total. The smallest absolute Gasteiger partial charge is 0.263 e. The van der Waals surface area contributed by atoms with E-state index in [2.05, 4.69) is 9.82 Å². The Morgan fingerprint density at radius 3 is 2.31 bits per heavy atom. The van der Waals surface area contributed by atoms with Gasteiger partial charge < -0.3 is 9.47 Å². The molecule has 2 aromatic carbocycles. The molecule has 8 heteroatoms. The molecule has 1 heterocycles. The lowest BCUT2D eigenvalue weighted by molar-refractivity contribution is 0.354. The quantitative estimate of drug-likeness (QED) is 0.718. The van der Waals surface area contributed by atoms with Crippen LogP contribution in [0.5, 0.6) is 11.5 Å². The molecule has 26 heavy (non-hydrogen) atoms. The number of rotatable bonds is 6. The van der Waals surface area contributed by atoms with Crippen LogP contribution in [0.1, 0.15) is 0 Å². The molecule has 0 bridgehead atoms. The highest BCUT2D eigenvalue weighted by Crippen LogP contribution is 2.30. The van der Waals surface area contributed by atoms with Gasteiger partial charge in [0.2, 0.25) is 0 Å². The monoisotopic (exact) mass is 373 g/mol. The molecule has 3 rings (SSSR count). The molecule has 0 saturated heterocycles. The van der Waals surface area contributed by atoms with Gasteiger partial charge >= 0.3 is 0 Å². The molecule has 0 aliphatic heterocycles. The number of hydrogen-bond acceptors (Lipinski definition) is 5. The maximum Gasteiger partial charge on any atom is 0.263 e. The molecule has 0 aliphatic carbocycles. The number of hydrogen-bond donors (Lipinski definition) is 1. The minimum absolute atomic E-state index is 0.0672. The van der Waals surface area contributed by atoms with Gasteiger partial charge in [0.05, 0.1) is 24.8 Å². The number of nitrogens with one attached hydrogen (secondary N) is 1. The number of anilines is 1. The van der Waals surface area contributed by atoms with Crippen molar-refractivity contribution in [3.05, 3.63) is 54.6 Å². The van der Waals surface area contributed by atoms with Crippen LogP contribution in [-0.4, -0.2) is 32.4 Å². The molecule has 3 aromatic rings. The number of sulfonamides is 1. The first kappa shape index (κ1) is 17.8. The lowest BCUT2D eigenvalue weighted by Gasteiger charge is -2.11. The van der Waals surface area contributed by atoms with Crippen molar-refractivity contribution in [1.82, 2.24) is 9.78 Å². The molecule has 0 amide bonds. The normalized spacial score (nSPS) is 11.2. The average Bonchev–Trinajstić information content (AvgIpc) is 3.01. The Labute approximate surface area is 152 Å². The molecule has 0 fully saturated rings. The van der Waals surface area contributed by atoms with Gasteiger partial charge in [-0.2, -0.15) is 5.10 Å². The number of benzene rings is 2. The van der Waals surface area contributed by atoms with Crippen LogP contribution in [0.3, 0.4) is 0 Å². The van der Waals surface area contributed by atoms with Crippen LogP contribution in [0.15, 0.2) is 59.5 Å². The van der Waals surface area contributed by atoms with E-state index in [1.165, 1.54) is 31.0 Å². The van der Waals surface area contributed by atoms with Gasteiger partial charge in [0.25, 0.3) is 10.0 Å². The number of aromatic nitrogens is 2. The molecule has 0 radical (unpaired) electrons. The lowest BCUT2D eigenvalue weighted by Crippen LogP contribution is -2.15. The van der Waals surface area contributed by atoms with E-state index in [-0.39, 0.29) is 4.90 Å². The predicted molar refractivity (Wildman–Crippen MR) is 99.0 cm³/mol. The summed E-state index contributed by atoms with van der Waals surface area (Å²) in [4.78, 5) is 0.0672. The molecule has 1 aromatic heterocycles. The van der Waals surface area contributed by atoms with E-state index in [4.69, 9.17) is 9.47 Å². The number of ether oxygens (including phenoxy) is 2. The van der Waals surface area contributed by atoms with Crippen molar-refractivity contribution in [3.8, 4) is 22.8 Å². The van der Waals surface area contributed by atoms with Crippen molar-refractivity contribution in [2.24, 2.45) is 7.05 Å². The highest BCUT2D eigenvalue weighted by molar-refractivity contribution is 7.92. The maximum absolute atomic E-state index is 12.7. The Morgan fingerprint density at radius 2 is 1.65 bits per heavy atom. The Morgan fingerprint density at radius 1 is 0.962 bits per heavy atom. The third-order valence-corrected chi connectivity index (χ3v) is 5.21. The van der Waals surface area contributed by atoms with E-state index < -0.39 is 10.0 Å². The Bertz CT molecular complexity index is 1010. The second kappa shape index (κ2) is 7.09. The molecular weight excluding hydrogens is 354 g/mol. The third kappa shape index (κ3) is 3.50. The number of methoxy groups -OCH3 is 2. The second-order valence-corrected chi connectivity index (χ2v) is 7.21. The zero-order valence-electron chi connectivity index (χ0n) is 14.6. The van der Waals surface area contributed by atoms with Crippen LogP contribution < -0.4 is 14.2 Å². The van der Waals surface area contributed by atoms with Crippen LogP contribution in [0.25, 0.3) is 11.3 Å². The zero-order chi connectivity index (χ0) is 18.7. The van der Waals surface area contributed by atoms with Crippen LogP contribution in [0.2, 0.25) is 0 Å². The summed E-state index contributed by atoms with van der Waals surface area (Å²) < 4.78 is 39.8. The largest absolute Gasteiger partial charge is 0.493 e. The van der Waals surface area contributed by atoms with Crippen LogP contribution in [0.4, 0.5) is 5.82 Å². The Balaban J connectivity index is 1.92. The van der Waals surface area contributed by atoms with Gasteiger partial charge in [-0.1, -0.05) is 30.3 Å². The van der Waals surface area contributed by atoms with Crippen molar-refractivity contribution >= 4 is 15.8 Å². The summed E-state index contributed by atoms with van der Waals surface area (Å²) in [5.41, 5.74) is 1.58. The van der Waals surface area contributed by atoms with E-state index >= 15 is 0 Å². The summed E-state index contributed by atoms with van der Waals surface area (Å²) in [6.07, 6.45) is 0. The number of nitrogens with zero attached hydrogens (tertiary/aromatic N) is 2. The van der Waals surface area contributed by atoms with Gasteiger partial charge in [0.1, 0.15) is 5.82 Å². The molecule has 0 saturated carbocycles. The SMILES string of the molecule is COc1ccc(S(=O)(=O)Nc2cc(-c3ccccc3)nn2C)cc1OC. The fourth-order valence-corrected chi connectivity index (χ4v) is 3.59. The summed E-state index contributed by atoms with van der Waals surface area (Å²) in [5.74, 6) is 1.15. The predicted octanol–water partition coefficient (Wildman–Crippen LogP) is 2.91. The van der Waals surface area contributed by atoms with Crippen molar-refractivity contribution in [2.75, 3.05) is 18.9 Å². The zero-order valence-corrected chi connectivity index (χ0v) is 15.4. The third-order valence-electron chi connectivity index (χ3n) is 3.85. The van der Waals surface area contributed by atoms with Crippen molar-refractivity contribution in [2.45, 2.75) is 4.90 Å². The standard InChI is InChI=1S/C18H19N3O4S/c1-21-18(12-15(19-21)13-7-5-4-6-8-13)20-26(22,23)14-9-10-16(24-2)17(11-14)25-3/h4-12,20H,1-3H3. The van der Waals surface area contributed by atoms with E-state index in [0.717, 1.165) is 5.56 Å². The summed E-state index contributed by atoms with van der Waals surface area (Å²) in [5, 5.41) is 4.36. The van der Waals surface area contributed by atoms with E-state index in [1.807, 2.05) is 30.3 Å². The van der Waals surface area contributed by atoms with Crippen molar-refractivity contribution < 1.29 is 17.9 Å². The van der Waals surface area contributed by atoms with Gasteiger partial charge in [0.15, 0.2) is 11.5 Å². The first-order chi connectivity index (χ1) is 12.4. The van der Waals surface area contributed by atoms with Crippen LogP contribution >= 0.6 is 0 Å². The first-order valence-electron chi connectivity index (χ1n) is 7.79. The van der Waals surface area contributed by atoms with E-state index in [9.17, 15) is 8.42 Å². The van der Waals surface area contributed by atoms with Gasteiger partial charge in [-0.05, 0) is 12.1 Å². The fraction of sp³-hybridized carbons (Fsp3) is 0.167. The summed E-state index contributed by atoms with van der Waals surface area (Å²) in [7, 11) is 0.815. The highest BCUT2D eigenvalue weighted by atomic mass is 32.2. The molecule has 1 N–H and O–H groups in total. The fourth-order valence-electron chi connectivity index (χ4n) is 2.49. The minimum Gasteiger partial charge on any atom is -0.493 e. The Kier molecular flexibility index (Phi) is 4.85. The number of aryl methyl sites for hydroxylation is 1. The van der Waals surface area contributed by atoms with Crippen molar-refractivity contribution in [1.29, 1.82) is 0 Å². The minimum atomic E-state index is -3.81. The molecular formula is C18H19N3O4S. The second-order valence-electron chi connectivity index (χ2n) is 5.53. The molecule has 0 unspecified atom stereocenters. The van der Waals surface area contributed by atoms with E-state index in [0.29, 0.717) is 23.0 Å². The van der Waals surface area contributed by atoms with Crippen LogP contribution in [-0.2, 0) is 17.1 Å². The molecule has 0 spiro atoms. The highest BCUT2D eigenvalue weighted by Gasteiger charge is 2.19. The van der Waals surface area contributed by atoms with Gasteiger partial charge in [-0.15, -0.1) is 0 Å². The molecule has 136 valence electrons. The van der Waals surface area contributed by atoms with Crippen LogP contribution in [0, 0.1) is 0 Å². The lowest BCUT2D eigenvalue weighted by atomic mass is 10.2.